The van der Waals surface area contributed by atoms with E-state index in [1.54, 1.807) is 6.20 Å². The molecule has 0 fully saturated rings. The largest absolute Gasteiger partial charge is 0.396 e. The van der Waals surface area contributed by atoms with E-state index in [1.165, 1.54) is 0 Å². The van der Waals surface area contributed by atoms with Crippen molar-refractivity contribution in [3.05, 3.63) is 30.1 Å². The Kier molecular flexibility index (Phi) is 7.54. The number of pyridine rings is 1. The Morgan fingerprint density at radius 2 is 2.18 bits per heavy atom. The molecule has 0 spiro atoms. The molecule has 3 N–H and O–H groups in total. The number of hydrogen-bond acceptors (Lipinski definition) is 4. The zero-order chi connectivity index (χ0) is 12.3. The molecule has 0 amide bonds. The fraction of sp³-hybridized carbons (Fsp3) is 0.615. The third-order valence-electron chi connectivity index (χ3n) is 2.61. The summed E-state index contributed by atoms with van der Waals surface area (Å²) in [5.41, 5.74) is 1.06. The van der Waals surface area contributed by atoms with Crippen LogP contribution < -0.4 is 5.32 Å². The van der Waals surface area contributed by atoms with Crippen molar-refractivity contribution in [2.75, 3.05) is 19.7 Å². The third kappa shape index (κ3) is 7.05. The van der Waals surface area contributed by atoms with Gasteiger partial charge in [0.1, 0.15) is 0 Å². The van der Waals surface area contributed by atoms with Crippen LogP contribution in [0.2, 0.25) is 0 Å². The first-order valence-electron chi connectivity index (χ1n) is 6.22. The molecule has 4 nitrogen and oxygen atoms in total. The number of rotatable bonds is 9. The Morgan fingerprint density at radius 3 is 2.88 bits per heavy atom. The van der Waals surface area contributed by atoms with Crippen molar-refractivity contribution < 1.29 is 10.2 Å². The van der Waals surface area contributed by atoms with Gasteiger partial charge in [-0.05, 0) is 31.4 Å². The van der Waals surface area contributed by atoms with Crippen LogP contribution in [0, 0.1) is 0 Å². The number of nitrogens with zero attached hydrogens (tertiary/aromatic N) is 1. The monoisotopic (exact) mass is 238 g/mol. The SMILES string of the molecule is OCCCCC(O)CNCCc1ccccn1. The zero-order valence-electron chi connectivity index (χ0n) is 10.2. The third-order valence-corrected chi connectivity index (χ3v) is 2.61. The summed E-state index contributed by atoms with van der Waals surface area (Å²) in [4.78, 5) is 4.23. The predicted molar refractivity (Wildman–Crippen MR) is 67.8 cm³/mol. The molecule has 1 unspecified atom stereocenters. The van der Waals surface area contributed by atoms with E-state index in [2.05, 4.69) is 10.3 Å². The van der Waals surface area contributed by atoms with Gasteiger partial charge in [0.2, 0.25) is 0 Å². The number of hydrogen-bond donors (Lipinski definition) is 3. The van der Waals surface area contributed by atoms with Crippen LogP contribution in [0.15, 0.2) is 24.4 Å². The van der Waals surface area contributed by atoms with Gasteiger partial charge in [0.05, 0.1) is 6.10 Å². The minimum atomic E-state index is -0.315. The average Bonchev–Trinajstić information content (AvgIpc) is 2.36. The van der Waals surface area contributed by atoms with E-state index >= 15 is 0 Å². The first-order valence-corrected chi connectivity index (χ1v) is 6.22. The standard InChI is InChI=1S/C13H22N2O2/c16-10-4-2-6-13(17)11-14-9-7-12-5-1-3-8-15-12/h1,3,5,8,13-14,16-17H,2,4,6-7,9-11H2. The molecular formula is C13H22N2O2. The highest BCUT2D eigenvalue weighted by molar-refractivity contribution is 5.03. The van der Waals surface area contributed by atoms with Gasteiger partial charge in [-0.15, -0.1) is 0 Å². The van der Waals surface area contributed by atoms with E-state index in [0.717, 1.165) is 37.9 Å². The average molecular weight is 238 g/mol. The minimum absolute atomic E-state index is 0.208. The first kappa shape index (κ1) is 14.1. The molecular weight excluding hydrogens is 216 g/mol. The molecule has 0 aliphatic heterocycles. The maximum absolute atomic E-state index is 9.61. The summed E-state index contributed by atoms with van der Waals surface area (Å²) in [7, 11) is 0. The first-order chi connectivity index (χ1) is 8.33. The van der Waals surface area contributed by atoms with E-state index in [0.29, 0.717) is 6.54 Å². The quantitative estimate of drug-likeness (QED) is 0.555. The Bertz CT molecular complexity index is 280. The molecule has 1 rings (SSSR count). The van der Waals surface area contributed by atoms with Gasteiger partial charge in [-0.1, -0.05) is 6.07 Å². The Morgan fingerprint density at radius 1 is 1.29 bits per heavy atom. The Labute approximate surface area is 103 Å². The van der Waals surface area contributed by atoms with Crippen molar-refractivity contribution in [2.45, 2.75) is 31.8 Å². The summed E-state index contributed by atoms with van der Waals surface area (Å²) >= 11 is 0. The molecule has 96 valence electrons. The van der Waals surface area contributed by atoms with Crippen LogP contribution in [0.4, 0.5) is 0 Å². The number of aliphatic hydroxyl groups excluding tert-OH is 2. The van der Waals surface area contributed by atoms with E-state index < -0.39 is 0 Å². The van der Waals surface area contributed by atoms with Gasteiger partial charge in [-0.2, -0.15) is 0 Å². The number of nitrogens with one attached hydrogen (secondary N) is 1. The maximum atomic E-state index is 9.61. The second-order valence-electron chi connectivity index (χ2n) is 4.15. The zero-order valence-corrected chi connectivity index (χ0v) is 10.2. The number of aromatic nitrogens is 1. The van der Waals surface area contributed by atoms with Crippen molar-refractivity contribution in [1.29, 1.82) is 0 Å². The molecule has 0 aliphatic carbocycles. The fourth-order valence-corrected chi connectivity index (χ4v) is 1.62. The highest BCUT2D eigenvalue weighted by Gasteiger charge is 2.02. The maximum Gasteiger partial charge on any atom is 0.0664 e. The molecule has 1 heterocycles. The summed E-state index contributed by atoms with van der Waals surface area (Å²) in [5.74, 6) is 0. The topological polar surface area (TPSA) is 65.4 Å². The van der Waals surface area contributed by atoms with Crippen LogP contribution in [0.5, 0.6) is 0 Å². The van der Waals surface area contributed by atoms with Gasteiger partial charge in [0.15, 0.2) is 0 Å². The molecule has 4 heteroatoms. The second kappa shape index (κ2) is 9.10. The van der Waals surface area contributed by atoms with Gasteiger partial charge in [-0.25, -0.2) is 0 Å². The van der Waals surface area contributed by atoms with Gasteiger partial charge < -0.3 is 15.5 Å². The lowest BCUT2D eigenvalue weighted by Gasteiger charge is -2.11. The lowest BCUT2D eigenvalue weighted by atomic mass is 10.1. The van der Waals surface area contributed by atoms with Crippen molar-refractivity contribution in [3.63, 3.8) is 0 Å². The van der Waals surface area contributed by atoms with E-state index in [4.69, 9.17) is 5.11 Å². The molecule has 1 atom stereocenters. The van der Waals surface area contributed by atoms with Gasteiger partial charge in [-0.3, -0.25) is 4.98 Å². The molecule has 1 aromatic rings. The lowest BCUT2D eigenvalue weighted by molar-refractivity contribution is 0.155. The number of unbranched alkanes of at least 4 members (excludes halogenated alkanes) is 1. The molecule has 0 aromatic carbocycles. The molecule has 0 bridgehead atoms. The van der Waals surface area contributed by atoms with Crippen LogP contribution in [-0.2, 0) is 6.42 Å². The minimum Gasteiger partial charge on any atom is -0.396 e. The van der Waals surface area contributed by atoms with Crippen LogP contribution in [0.25, 0.3) is 0 Å². The van der Waals surface area contributed by atoms with Crippen molar-refractivity contribution >= 4 is 0 Å². The van der Waals surface area contributed by atoms with Gasteiger partial charge in [0, 0.05) is 38.0 Å². The highest BCUT2D eigenvalue weighted by atomic mass is 16.3. The normalized spacial score (nSPS) is 12.6. The molecule has 0 aliphatic rings. The fourth-order valence-electron chi connectivity index (χ4n) is 1.62. The summed E-state index contributed by atoms with van der Waals surface area (Å²) in [6, 6.07) is 5.88. The molecule has 17 heavy (non-hydrogen) atoms. The number of aliphatic hydroxyl groups is 2. The summed E-state index contributed by atoms with van der Waals surface area (Å²) in [6.07, 6.45) is 4.75. The van der Waals surface area contributed by atoms with Crippen molar-refractivity contribution in [2.24, 2.45) is 0 Å². The van der Waals surface area contributed by atoms with Crippen molar-refractivity contribution in [3.8, 4) is 0 Å². The lowest BCUT2D eigenvalue weighted by Crippen LogP contribution is -2.28. The Hall–Kier alpha value is -0.970. The molecule has 0 saturated carbocycles. The van der Waals surface area contributed by atoms with Gasteiger partial charge >= 0.3 is 0 Å². The molecule has 0 saturated heterocycles. The summed E-state index contributed by atoms with van der Waals surface area (Å²) in [6.45, 7) is 1.65. The smallest absolute Gasteiger partial charge is 0.0664 e. The summed E-state index contributed by atoms with van der Waals surface area (Å²) in [5, 5.41) is 21.4. The molecule has 0 radical (unpaired) electrons. The van der Waals surface area contributed by atoms with Gasteiger partial charge in [0.25, 0.3) is 0 Å². The van der Waals surface area contributed by atoms with E-state index in [9.17, 15) is 5.11 Å². The Balaban J connectivity index is 2.00. The van der Waals surface area contributed by atoms with Crippen LogP contribution >= 0.6 is 0 Å². The van der Waals surface area contributed by atoms with E-state index in [-0.39, 0.29) is 12.7 Å². The van der Waals surface area contributed by atoms with E-state index in [1.807, 2.05) is 18.2 Å². The predicted octanol–water partition coefficient (Wildman–Crippen LogP) is 0.737. The highest BCUT2D eigenvalue weighted by Crippen LogP contribution is 1.99. The van der Waals surface area contributed by atoms with Crippen LogP contribution in [-0.4, -0.2) is 41.0 Å². The van der Waals surface area contributed by atoms with Crippen LogP contribution in [0.1, 0.15) is 25.0 Å². The summed E-state index contributed by atoms with van der Waals surface area (Å²) < 4.78 is 0. The molecule has 1 aromatic heterocycles. The second-order valence-corrected chi connectivity index (χ2v) is 4.15. The van der Waals surface area contributed by atoms with Crippen molar-refractivity contribution in [1.82, 2.24) is 10.3 Å². The van der Waals surface area contributed by atoms with Crippen LogP contribution in [0.3, 0.4) is 0 Å².